The molecule has 218 valence electrons. The van der Waals surface area contributed by atoms with Crippen molar-refractivity contribution in [3.8, 4) is 5.75 Å². The Kier molecular flexibility index (Phi) is 11.6. The first-order valence-corrected chi connectivity index (χ1v) is 15.0. The third-order valence-corrected chi connectivity index (χ3v) is 8.13. The molecule has 2 aromatic carbocycles. The number of carbonyl (C=O) groups excluding carboxylic acids is 2. The summed E-state index contributed by atoms with van der Waals surface area (Å²) in [5, 5.41) is 1.21. The number of aryl methyl sites for hydroxylation is 1. The summed E-state index contributed by atoms with van der Waals surface area (Å²) >= 11 is 12.6. The summed E-state index contributed by atoms with van der Waals surface area (Å²) in [5.41, 5.74) is 2.76. The Balaban J connectivity index is 1.18. The van der Waals surface area contributed by atoms with E-state index in [4.69, 9.17) is 37.4 Å². The highest BCUT2D eigenvalue weighted by Gasteiger charge is 2.26. The summed E-state index contributed by atoms with van der Waals surface area (Å²) in [5.74, 6) is 0.619. The van der Waals surface area contributed by atoms with Crippen LogP contribution >= 0.6 is 23.2 Å². The Morgan fingerprint density at radius 3 is 2.50 bits per heavy atom. The summed E-state index contributed by atoms with van der Waals surface area (Å²) in [4.78, 5) is 30.8. The lowest BCUT2D eigenvalue weighted by Gasteiger charge is -2.36. The van der Waals surface area contributed by atoms with Crippen molar-refractivity contribution in [3.05, 3.63) is 52.0 Å². The molecule has 2 aromatic rings. The second kappa shape index (κ2) is 15.4. The monoisotopic (exact) mass is 591 g/mol. The van der Waals surface area contributed by atoms with Crippen LogP contribution in [0.25, 0.3) is 0 Å². The molecule has 0 unspecified atom stereocenters. The molecule has 1 saturated heterocycles. The van der Waals surface area contributed by atoms with Gasteiger partial charge in [-0.1, -0.05) is 55.1 Å². The molecule has 0 N–H and O–H groups in total. The van der Waals surface area contributed by atoms with E-state index in [1.807, 2.05) is 36.4 Å². The number of fused-ring (bicyclic) bond motifs is 1. The van der Waals surface area contributed by atoms with Gasteiger partial charge in [-0.25, -0.2) is 4.79 Å². The van der Waals surface area contributed by atoms with Crippen LogP contribution < -0.4 is 14.5 Å². The van der Waals surface area contributed by atoms with E-state index in [9.17, 15) is 9.59 Å². The number of carbonyl (C=O) groups is 2. The number of benzene rings is 2. The van der Waals surface area contributed by atoms with E-state index in [2.05, 4.69) is 16.7 Å². The van der Waals surface area contributed by atoms with Gasteiger partial charge in [-0.3, -0.25) is 14.6 Å². The highest BCUT2D eigenvalue weighted by Crippen LogP contribution is 2.33. The van der Waals surface area contributed by atoms with E-state index in [0.29, 0.717) is 41.9 Å². The first kappa shape index (κ1) is 30.3. The summed E-state index contributed by atoms with van der Waals surface area (Å²) < 4.78 is 16.3. The maximum absolute atomic E-state index is 12.6. The van der Waals surface area contributed by atoms with Gasteiger partial charge in [0.2, 0.25) is 5.91 Å². The highest BCUT2D eigenvalue weighted by molar-refractivity contribution is 6.43. The molecule has 0 aromatic heterocycles. The van der Waals surface area contributed by atoms with Crippen LogP contribution in [0.4, 0.5) is 16.2 Å². The Morgan fingerprint density at radius 1 is 0.900 bits per heavy atom. The second-order valence-electron chi connectivity index (χ2n) is 10.1. The molecule has 0 spiro atoms. The second-order valence-corrected chi connectivity index (χ2v) is 10.9. The number of hydrogen-bond donors (Lipinski definition) is 0. The molecule has 0 atom stereocenters. The maximum atomic E-state index is 12.6. The zero-order valence-corrected chi connectivity index (χ0v) is 24.7. The number of halogens is 2. The van der Waals surface area contributed by atoms with Crippen molar-refractivity contribution in [2.75, 3.05) is 62.5 Å². The van der Waals surface area contributed by atoms with Crippen LogP contribution in [-0.2, 0) is 20.7 Å². The molecule has 0 bridgehead atoms. The van der Waals surface area contributed by atoms with Crippen molar-refractivity contribution >= 4 is 46.6 Å². The predicted octanol–water partition coefficient (Wildman–Crippen LogP) is 6.55. The average molecular weight is 593 g/mol. The molecule has 2 aliphatic rings. The third kappa shape index (κ3) is 8.41. The van der Waals surface area contributed by atoms with E-state index in [-0.39, 0.29) is 12.6 Å². The van der Waals surface area contributed by atoms with Gasteiger partial charge in [0.25, 0.3) is 0 Å². The van der Waals surface area contributed by atoms with Crippen molar-refractivity contribution in [2.45, 2.75) is 51.9 Å². The number of piperazine rings is 1. The smallest absolute Gasteiger partial charge is 0.494 e. The molecule has 1 fully saturated rings. The highest BCUT2D eigenvalue weighted by atomic mass is 35.5. The average Bonchev–Trinajstić information content (AvgIpc) is 2.96. The van der Waals surface area contributed by atoms with Crippen LogP contribution in [0.5, 0.6) is 5.75 Å². The standard InChI is InChI=1S/C30H39Cl2N3O5/c1-2-3-5-20-39-30(37)40-22-35-27-21-24(12-10-23(27)11-13-28(35)36)38-19-6-4-14-33-15-17-34(18-16-33)26-9-7-8-25(31)29(26)32/h7-10,12,21H,2-6,11,13-20,22H2,1H3. The van der Waals surface area contributed by atoms with Crippen LogP contribution in [0.1, 0.15) is 51.0 Å². The van der Waals surface area contributed by atoms with Crippen molar-refractivity contribution in [1.82, 2.24) is 4.90 Å². The molecule has 0 aliphatic carbocycles. The van der Waals surface area contributed by atoms with Gasteiger partial charge in [0.15, 0.2) is 6.73 Å². The molecule has 2 heterocycles. The SMILES string of the molecule is CCCCCOC(=O)OCN1C(=O)CCc2ccc(OCCCCN3CCN(c4cccc(Cl)c4Cl)CC3)cc21. The number of unbranched alkanes of at least 4 members (excludes halogenated alkanes) is 3. The zero-order chi connectivity index (χ0) is 28.3. The van der Waals surface area contributed by atoms with Gasteiger partial charge < -0.3 is 19.1 Å². The topological polar surface area (TPSA) is 71.5 Å². The van der Waals surface area contributed by atoms with Gasteiger partial charge in [-0.15, -0.1) is 0 Å². The van der Waals surface area contributed by atoms with Crippen molar-refractivity contribution in [1.29, 1.82) is 0 Å². The molecule has 4 rings (SSSR count). The number of rotatable bonds is 13. The van der Waals surface area contributed by atoms with Gasteiger partial charge in [0, 0.05) is 38.7 Å². The van der Waals surface area contributed by atoms with E-state index in [1.54, 1.807) is 0 Å². The number of nitrogens with zero attached hydrogens (tertiary/aromatic N) is 3. The van der Waals surface area contributed by atoms with Gasteiger partial charge in [0.05, 0.1) is 34.6 Å². The Labute approximate surface area is 247 Å². The molecular formula is C30H39Cl2N3O5. The number of ether oxygens (including phenoxy) is 3. The van der Waals surface area contributed by atoms with Crippen molar-refractivity contribution in [3.63, 3.8) is 0 Å². The fourth-order valence-electron chi connectivity index (χ4n) is 4.99. The van der Waals surface area contributed by atoms with Gasteiger partial charge in [0.1, 0.15) is 5.75 Å². The summed E-state index contributed by atoms with van der Waals surface area (Å²) in [7, 11) is 0. The minimum atomic E-state index is -0.752. The zero-order valence-electron chi connectivity index (χ0n) is 23.2. The van der Waals surface area contributed by atoms with E-state index in [1.165, 1.54) is 4.90 Å². The van der Waals surface area contributed by atoms with E-state index in [0.717, 1.165) is 81.8 Å². The fourth-order valence-corrected chi connectivity index (χ4v) is 5.41. The molecule has 10 heteroatoms. The molecule has 0 radical (unpaired) electrons. The minimum Gasteiger partial charge on any atom is -0.494 e. The lowest BCUT2D eigenvalue weighted by atomic mass is 10.0. The van der Waals surface area contributed by atoms with Crippen LogP contribution in [0, 0.1) is 0 Å². The number of amides is 1. The molecule has 0 saturated carbocycles. The molecular weight excluding hydrogens is 553 g/mol. The molecule has 40 heavy (non-hydrogen) atoms. The minimum absolute atomic E-state index is 0.0823. The van der Waals surface area contributed by atoms with Crippen LogP contribution in [0.15, 0.2) is 36.4 Å². The quantitative estimate of drug-likeness (QED) is 0.193. The van der Waals surface area contributed by atoms with Crippen molar-refractivity contribution < 1.29 is 23.8 Å². The Hall–Kier alpha value is -2.68. The predicted molar refractivity (Wildman–Crippen MR) is 159 cm³/mol. The lowest BCUT2D eigenvalue weighted by molar-refractivity contribution is -0.119. The largest absolute Gasteiger partial charge is 0.510 e. The fraction of sp³-hybridized carbons (Fsp3) is 0.533. The number of hydrogen-bond acceptors (Lipinski definition) is 7. The third-order valence-electron chi connectivity index (χ3n) is 7.32. The Morgan fingerprint density at radius 2 is 1.70 bits per heavy atom. The van der Waals surface area contributed by atoms with Crippen LogP contribution in [0.2, 0.25) is 10.0 Å². The summed E-state index contributed by atoms with van der Waals surface area (Å²) in [6.45, 7) is 7.63. The summed E-state index contributed by atoms with van der Waals surface area (Å²) in [6, 6.07) is 11.6. The van der Waals surface area contributed by atoms with E-state index >= 15 is 0 Å². The maximum Gasteiger partial charge on any atom is 0.510 e. The van der Waals surface area contributed by atoms with Crippen molar-refractivity contribution in [2.24, 2.45) is 0 Å². The first-order chi connectivity index (χ1) is 19.5. The normalized spacial score (nSPS) is 15.6. The van der Waals surface area contributed by atoms with Gasteiger partial charge in [-0.2, -0.15) is 0 Å². The lowest BCUT2D eigenvalue weighted by Crippen LogP contribution is -2.46. The van der Waals surface area contributed by atoms with Crippen LogP contribution in [-0.4, -0.2) is 69.6 Å². The van der Waals surface area contributed by atoms with Gasteiger partial charge in [-0.05, 0) is 56.0 Å². The molecule has 2 aliphatic heterocycles. The first-order valence-electron chi connectivity index (χ1n) is 14.2. The Bertz CT molecular complexity index is 1140. The molecule has 1 amide bonds. The number of anilines is 2. The molecule has 8 nitrogen and oxygen atoms in total. The van der Waals surface area contributed by atoms with Gasteiger partial charge >= 0.3 is 6.16 Å². The van der Waals surface area contributed by atoms with E-state index < -0.39 is 6.16 Å². The summed E-state index contributed by atoms with van der Waals surface area (Å²) in [6.07, 6.45) is 5.07. The van der Waals surface area contributed by atoms with Crippen LogP contribution in [0.3, 0.4) is 0 Å².